The highest BCUT2D eigenvalue weighted by Gasteiger charge is 2.36. The fraction of sp³-hybridized carbons (Fsp3) is 0.417. The molecule has 2 aliphatic rings. The second-order valence-electron chi connectivity index (χ2n) is 8.78. The summed E-state index contributed by atoms with van der Waals surface area (Å²) in [5.41, 5.74) is 3.25. The summed E-state index contributed by atoms with van der Waals surface area (Å²) in [5, 5.41) is 13.5. The van der Waals surface area contributed by atoms with Crippen LogP contribution in [-0.2, 0) is 4.79 Å². The summed E-state index contributed by atoms with van der Waals surface area (Å²) in [6, 6.07) is 10.1. The number of amides is 1. The average molecular weight is 472 g/mol. The third-order valence-corrected chi connectivity index (χ3v) is 7.09. The molecule has 33 heavy (non-hydrogen) atoms. The van der Waals surface area contributed by atoms with Crippen LogP contribution in [0.4, 0.5) is 10.1 Å². The molecule has 1 amide bonds. The van der Waals surface area contributed by atoms with Crippen LogP contribution < -0.4 is 10.2 Å². The van der Waals surface area contributed by atoms with Gasteiger partial charge in [0.15, 0.2) is 0 Å². The van der Waals surface area contributed by atoms with E-state index in [0.717, 1.165) is 29.7 Å². The number of carbonyl (C=O) groups is 1. The van der Waals surface area contributed by atoms with E-state index in [9.17, 15) is 14.3 Å². The molecular weight excluding hydrogens is 445 g/mol. The third-order valence-electron chi connectivity index (χ3n) is 6.85. The minimum Gasteiger partial charge on any atom is -0.394 e. The second kappa shape index (κ2) is 8.93. The average Bonchev–Trinajstić information content (AvgIpc) is 3.20. The highest BCUT2D eigenvalue weighted by Crippen LogP contribution is 2.30. The van der Waals surface area contributed by atoms with Crippen molar-refractivity contribution in [1.82, 2.24) is 19.8 Å². The van der Waals surface area contributed by atoms with Crippen LogP contribution in [-0.4, -0.2) is 70.3 Å². The van der Waals surface area contributed by atoms with E-state index in [2.05, 4.69) is 15.2 Å². The van der Waals surface area contributed by atoms with Crippen LogP contribution in [0.15, 0.2) is 42.7 Å². The van der Waals surface area contributed by atoms with Crippen LogP contribution in [0.2, 0.25) is 5.02 Å². The largest absolute Gasteiger partial charge is 0.394 e. The summed E-state index contributed by atoms with van der Waals surface area (Å²) >= 11 is 5.92. The van der Waals surface area contributed by atoms with E-state index in [1.807, 2.05) is 34.6 Å². The number of piperazine rings is 1. The number of nitrogens with one attached hydrogen (secondary N) is 1. The van der Waals surface area contributed by atoms with E-state index < -0.39 is 0 Å². The van der Waals surface area contributed by atoms with Crippen molar-refractivity contribution in [2.45, 2.75) is 31.5 Å². The van der Waals surface area contributed by atoms with Crippen LogP contribution in [0.1, 0.15) is 24.9 Å². The maximum atomic E-state index is 14.5. The van der Waals surface area contributed by atoms with Crippen LogP contribution >= 0.6 is 11.6 Å². The van der Waals surface area contributed by atoms with Crippen LogP contribution in [0.3, 0.4) is 0 Å². The zero-order chi connectivity index (χ0) is 23.1. The second-order valence-corrected chi connectivity index (χ2v) is 9.21. The Balaban J connectivity index is 1.40. The highest BCUT2D eigenvalue weighted by atomic mass is 35.5. The van der Waals surface area contributed by atoms with Gasteiger partial charge in [-0.3, -0.25) is 4.79 Å². The van der Waals surface area contributed by atoms with E-state index in [1.54, 1.807) is 18.5 Å². The lowest BCUT2D eigenvalue weighted by atomic mass is 10.0. The molecule has 0 saturated carbocycles. The molecule has 0 aliphatic carbocycles. The first-order valence-electron chi connectivity index (χ1n) is 11.3. The summed E-state index contributed by atoms with van der Waals surface area (Å²) in [7, 11) is 0. The van der Waals surface area contributed by atoms with Crippen molar-refractivity contribution in [3.05, 3.63) is 59.1 Å². The first-order chi connectivity index (χ1) is 16.0. The maximum Gasteiger partial charge on any atom is 0.240 e. The Morgan fingerprint density at radius 2 is 2.12 bits per heavy atom. The van der Waals surface area contributed by atoms with Gasteiger partial charge in [0.05, 0.1) is 42.1 Å². The van der Waals surface area contributed by atoms with Gasteiger partial charge in [-0.05, 0) is 50.2 Å². The van der Waals surface area contributed by atoms with E-state index >= 15 is 0 Å². The number of rotatable bonds is 5. The van der Waals surface area contributed by atoms with Crippen molar-refractivity contribution in [3.8, 4) is 0 Å². The zero-order valence-electron chi connectivity index (χ0n) is 18.4. The lowest BCUT2D eigenvalue weighted by Gasteiger charge is -2.44. The molecule has 0 radical (unpaired) electrons. The van der Waals surface area contributed by atoms with Crippen molar-refractivity contribution < 1.29 is 14.3 Å². The number of nitrogens with zero attached hydrogens (tertiary/aromatic N) is 4. The number of hydrogen-bond donors (Lipinski definition) is 2. The molecule has 3 atom stereocenters. The molecule has 0 unspecified atom stereocenters. The molecule has 2 N–H and O–H groups in total. The lowest BCUT2D eigenvalue weighted by Crippen LogP contribution is -2.63. The fourth-order valence-electron chi connectivity index (χ4n) is 4.75. The van der Waals surface area contributed by atoms with Gasteiger partial charge in [-0.15, -0.1) is 0 Å². The number of anilines is 1. The SMILES string of the molecule is C[C@H](c1ccc(Cl)cc1F)n1cnc2ccc(N3CCN(C(=O)[C@H]4CCN4)[C@H](CO)C3)cc21. The number of fused-ring (bicyclic) bond motifs is 1. The Morgan fingerprint density at radius 3 is 2.82 bits per heavy atom. The molecule has 3 heterocycles. The molecule has 2 saturated heterocycles. The number of aliphatic hydroxyl groups excluding tert-OH is 1. The smallest absolute Gasteiger partial charge is 0.240 e. The molecule has 2 aliphatic heterocycles. The summed E-state index contributed by atoms with van der Waals surface area (Å²) in [4.78, 5) is 21.2. The van der Waals surface area contributed by atoms with Gasteiger partial charge in [-0.2, -0.15) is 0 Å². The Labute approximate surface area is 196 Å². The number of hydrogen-bond acceptors (Lipinski definition) is 5. The van der Waals surface area contributed by atoms with E-state index in [0.29, 0.717) is 30.2 Å². The number of carbonyl (C=O) groups excluding carboxylic acids is 1. The van der Waals surface area contributed by atoms with Crippen LogP contribution in [0, 0.1) is 5.82 Å². The van der Waals surface area contributed by atoms with Gasteiger partial charge in [-0.25, -0.2) is 9.37 Å². The summed E-state index contributed by atoms with van der Waals surface area (Å²) in [6.07, 6.45) is 2.58. The summed E-state index contributed by atoms with van der Waals surface area (Å²) in [6.45, 7) is 4.51. The lowest BCUT2D eigenvalue weighted by molar-refractivity contribution is -0.139. The number of benzene rings is 2. The Morgan fingerprint density at radius 1 is 1.30 bits per heavy atom. The topological polar surface area (TPSA) is 73.6 Å². The van der Waals surface area contributed by atoms with Gasteiger partial charge in [0.2, 0.25) is 5.91 Å². The normalized spacial score (nSPS) is 21.8. The number of imidazole rings is 1. The van der Waals surface area contributed by atoms with Gasteiger partial charge in [0, 0.05) is 35.9 Å². The highest BCUT2D eigenvalue weighted by molar-refractivity contribution is 6.30. The van der Waals surface area contributed by atoms with E-state index in [-0.39, 0.29) is 36.5 Å². The monoisotopic (exact) mass is 471 g/mol. The Kier molecular flexibility index (Phi) is 5.99. The molecule has 2 fully saturated rings. The minimum absolute atomic E-state index is 0.0762. The van der Waals surface area contributed by atoms with Crippen molar-refractivity contribution in [2.24, 2.45) is 0 Å². The molecular formula is C24H27ClFN5O2. The maximum absolute atomic E-state index is 14.5. The third kappa shape index (κ3) is 4.07. The van der Waals surface area contributed by atoms with Gasteiger partial charge in [0.25, 0.3) is 0 Å². The van der Waals surface area contributed by atoms with Crippen molar-refractivity contribution in [2.75, 3.05) is 37.7 Å². The standard InChI is InChI=1S/C24H27ClFN5O2/c1-15(19-4-2-16(25)10-20(19)26)31-14-28-21-5-3-17(11-23(21)31)29-8-9-30(18(12-29)13-32)24(33)22-6-7-27-22/h2-5,10-11,14-15,18,22,27,32H,6-9,12-13H2,1H3/t15-,18+,22-/m1/s1. The van der Waals surface area contributed by atoms with Crippen molar-refractivity contribution in [1.29, 1.82) is 0 Å². The molecule has 174 valence electrons. The first kappa shape index (κ1) is 22.1. The predicted octanol–water partition coefficient (Wildman–Crippen LogP) is 2.81. The Bertz CT molecular complexity index is 1180. The summed E-state index contributed by atoms with van der Waals surface area (Å²) in [5.74, 6) is -0.271. The zero-order valence-corrected chi connectivity index (χ0v) is 19.2. The van der Waals surface area contributed by atoms with Gasteiger partial charge in [0.1, 0.15) is 5.82 Å². The molecule has 5 rings (SSSR count). The number of halogens is 2. The van der Waals surface area contributed by atoms with E-state index in [4.69, 9.17) is 11.6 Å². The molecule has 3 aromatic rings. The van der Waals surface area contributed by atoms with Crippen molar-refractivity contribution in [3.63, 3.8) is 0 Å². The molecule has 2 aromatic carbocycles. The Hall–Kier alpha value is -2.68. The van der Waals surface area contributed by atoms with Gasteiger partial charge >= 0.3 is 0 Å². The molecule has 0 spiro atoms. The quantitative estimate of drug-likeness (QED) is 0.598. The van der Waals surface area contributed by atoms with Gasteiger partial charge < -0.3 is 24.8 Å². The molecule has 0 bridgehead atoms. The van der Waals surface area contributed by atoms with E-state index in [1.165, 1.54) is 6.07 Å². The minimum atomic E-state index is -0.347. The van der Waals surface area contributed by atoms with Gasteiger partial charge in [-0.1, -0.05) is 17.7 Å². The predicted molar refractivity (Wildman–Crippen MR) is 126 cm³/mol. The van der Waals surface area contributed by atoms with Crippen molar-refractivity contribution >= 4 is 34.2 Å². The molecule has 9 heteroatoms. The fourth-order valence-corrected chi connectivity index (χ4v) is 4.90. The van der Waals surface area contributed by atoms with Crippen LogP contribution in [0.5, 0.6) is 0 Å². The first-order valence-corrected chi connectivity index (χ1v) is 11.6. The molecule has 1 aromatic heterocycles. The summed E-state index contributed by atoms with van der Waals surface area (Å²) < 4.78 is 16.5. The molecule has 7 nitrogen and oxygen atoms in total. The number of aromatic nitrogens is 2. The number of aliphatic hydroxyl groups is 1. The van der Waals surface area contributed by atoms with Crippen LogP contribution in [0.25, 0.3) is 11.0 Å².